The van der Waals surface area contributed by atoms with Gasteiger partial charge in [-0.15, -0.1) is 0 Å². The molecule has 0 radical (unpaired) electrons. The molecule has 9 heteroatoms. The van der Waals surface area contributed by atoms with Crippen molar-refractivity contribution in [1.82, 2.24) is 15.0 Å². The van der Waals surface area contributed by atoms with Gasteiger partial charge in [-0.2, -0.15) is 13.2 Å². The second-order valence-corrected chi connectivity index (χ2v) is 5.99. The molecule has 1 aliphatic heterocycles. The highest BCUT2D eigenvalue weighted by molar-refractivity contribution is 5.95. The van der Waals surface area contributed by atoms with Crippen molar-refractivity contribution in [3.05, 3.63) is 52.9 Å². The molecule has 1 saturated heterocycles. The fourth-order valence-electron chi connectivity index (χ4n) is 2.75. The van der Waals surface area contributed by atoms with Gasteiger partial charge in [-0.05, 0) is 25.1 Å². The molecule has 0 saturated carbocycles. The Hall–Kier alpha value is -2.84. The minimum Gasteiger partial charge on any atom is -0.361 e. The van der Waals surface area contributed by atoms with Crippen molar-refractivity contribution in [2.45, 2.75) is 13.1 Å². The van der Waals surface area contributed by atoms with Crippen LogP contribution >= 0.6 is 0 Å². The van der Waals surface area contributed by atoms with Crippen LogP contribution in [0.2, 0.25) is 0 Å². The Kier molecular flexibility index (Phi) is 4.71. The van der Waals surface area contributed by atoms with E-state index in [-0.39, 0.29) is 43.3 Å². The smallest absolute Gasteiger partial charge is 0.361 e. The van der Waals surface area contributed by atoms with E-state index in [0.29, 0.717) is 5.76 Å². The van der Waals surface area contributed by atoms with Crippen molar-refractivity contribution in [1.29, 1.82) is 0 Å². The minimum absolute atomic E-state index is 0.0215. The Bertz CT molecular complexity index is 824. The second-order valence-electron chi connectivity index (χ2n) is 5.99. The first-order valence-electron chi connectivity index (χ1n) is 7.95. The van der Waals surface area contributed by atoms with Gasteiger partial charge in [0.15, 0.2) is 5.69 Å². The Labute approximate surface area is 147 Å². The molecule has 1 fully saturated rings. The minimum atomic E-state index is -4.50. The van der Waals surface area contributed by atoms with Crippen LogP contribution in [0, 0.1) is 6.92 Å². The van der Waals surface area contributed by atoms with E-state index in [1.165, 1.54) is 28.0 Å². The average Bonchev–Trinajstić information content (AvgIpc) is 3.06. The van der Waals surface area contributed by atoms with Crippen LogP contribution in [0.1, 0.15) is 32.2 Å². The molecule has 0 N–H and O–H groups in total. The molecule has 138 valence electrons. The van der Waals surface area contributed by atoms with Crippen molar-refractivity contribution in [3.8, 4) is 0 Å². The Morgan fingerprint density at radius 3 is 2.19 bits per heavy atom. The highest BCUT2D eigenvalue weighted by Gasteiger charge is 2.32. The molecular weight excluding hydrogens is 351 g/mol. The SMILES string of the molecule is Cc1cc(C(=O)N2CCN(C(=O)c3cccc(C(F)(F)F)c3)CC2)no1. The lowest BCUT2D eigenvalue weighted by molar-refractivity contribution is -0.137. The number of hydrogen-bond donors (Lipinski definition) is 0. The lowest BCUT2D eigenvalue weighted by atomic mass is 10.1. The van der Waals surface area contributed by atoms with E-state index in [1.807, 2.05) is 0 Å². The van der Waals surface area contributed by atoms with Crippen LogP contribution in [-0.4, -0.2) is 52.9 Å². The topological polar surface area (TPSA) is 66.7 Å². The first kappa shape index (κ1) is 18.0. The lowest BCUT2D eigenvalue weighted by Gasteiger charge is -2.34. The van der Waals surface area contributed by atoms with Gasteiger partial charge >= 0.3 is 6.18 Å². The molecule has 2 aromatic rings. The highest BCUT2D eigenvalue weighted by Crippen LogP contribution is 2.29. The number of amides is 2. The summed E-state index contributed by atoms with van der Waals surface area (Å²) in [5, 5.41) is 3.67. The van der Waals surface area contributed by atoms with Crippen molar-refractivity contribution in [2.24, 2.45) is 0 Å². The number of aromatic nitrogens is 1. The van der Waals surface area contributed by atoms with Crippen LogP contribution in [0.25, 0.3) is 0 Å². The number of carbonyl (C=O) groups excluding carboxylic acids is 2. The zero-order chi connectivity index (χ0) is 18.9. The van der Waals surface area contributed by atoms with Gasteiger partial charge < -0.3 is 14.3 Å². The molecule has 6 nitrogen and oxygen atoms in total. The first-order valence-corrected chi connectivity index (χ1v) is 7.95. The van der Waals surface area contributed by atoms with Crippen molar-refractivity contribution >= 4 is 11.8 Å². The number of carbonyl (C=O) groups is 2. The van der Waals surface area contributed by atoms with Gasteiger partial charge in [-0.1, -0.05) is 11.2 Å². The van der Waals surface area contributed by atoms with Crippen LogP contribution in [-0.2, 0) is 6.18 Å². The molecule has 0 spiro atoms. The fraction of sp³-hybridized carbons (Fsp3) is 0.353. The molecule has 0 bridgehead atoms. The Balaban J connectivity index is 1.64. The molecule has 1 aliphatic rings. The number of halogens is 3. The largest absolute Gasteiger partial charge is 0.416 e. The molecule has 1 aromatic carbocycles. The summed E-state index contributed by atoms with van der Waals surface area (Å²) in [5.74, 6) is -0.264. The van der Waals surface area contributed by atoms with E-state index in [1.54, 1.807) is 6.92 Å². The number of nitrogens with zero attached hydrogens (tertiary/aromatic N) is 3. The van der Waals surface area contributed by atoms with Gasteiger partial charge in [0.1, 0.15) is 5.76 Å². The predicted octanol–water partition coefficient (Wildman–Crippen LogP) is 2.60. The molecule has 2 amide bonds. The third-order valence-electron chi connectivity index (χ3n) is 4.14. The maximum atomic E-state index is 12.8. The number of aryl methyl sites for hydroxylation is 1. The third kappa shape index (κ3) is 3.71. The number of rotatable bonds is 2. The van der Waals surface area contributed by atoms with Gasteiger partial charge in [0.2, 0.25) is 0 Å². The lowest BCUT2D eigenvalue weighted by Crippen LogP contribution is -2.50. The summed E-state index contributed by atoms with van der Waals surface area (Å²) in [4.78, 5) is 27.7. The quantitative estimate of drug-likeness (QED) is 0.818. The third-order valence-corrected chi connectivity index (χ3v) is 4.14. The van der Waals surface area contributed by atoms with E-state index in [0.717, 1.165) is 12.1 Å². The summed E-state index contributed by atoms with van der Waals surface area (Å²) in [6, 6.07) is 5.86. The summed E-state index contributed by atoms with van der Waals surface area (Å²) in [5.41, 5.74) is -0.689. The van der Waals surface area contributed by atoms with Crippen LogP contribution in [0.4, 0.5) is 13.2 Å². The Morgan fingerprint density at radius 1 is 1.04 bits per heavy atom. The molecule has 26 heavy (non-hydrogen) atoms. The monoisotopic (exact) mass is 367 g/mol. The molecule has 0 atom stereocenters. The van der Waals surface area contributed by atoms with Gasteiger partial charge in [-0.25, -0.2) is 0 Å². The molecule has 3 rings (SSSR count). The predicted molar refractivity (Wildman–Crippen MR) is 84.5 cm³/mol. The molecule has 2 heterocycles. The van der Waals surface area contributed by atoms with Gasteiger partial charge in [0.25, 0.3) is 11.8 Å². The van der Waals surface area contributed by atoms with E-state index in [9.17, 15) is 22.8 Å². The van der Waals surface area contributed by atoms with Crippen LogP contribution < -0.4 is 0 Å². The van der Waals surface area contributed by atoms with Gasteiger partial charge in [-0.3, -0.25) is 9.59 Å². The zero-order valence-electron chi connectivity index (χ0n) is 13.9. The van der Waals surface area contributed by atoms with Crippen LogP contribution in [0.3, 0.4) is 0 Å². The zero-order valence-corrected chi connectivity index (χ0v) is 13.9. The Morgan fingerprint density at radius 2 is 1.65 bits per heavy atom. The van der Waals surface area contributed by atoms with E-state index in [4.69, 9.17) is 4.52 Å². The molecule has 0 aliphatic carbocycles. The summed E-state index contributed by atoms with van der Waals surface area (Å²) >= 11 is 0. The van der Waals surface area contributed by atoms with Crippen molar-refractivity contribution < 1.29 is 27.3 Å². The molecule has 1 aromatic heterocycles. The van der Waals surface area contributed by atoms with Gasteiger partial charge in [0.05, 0.1) is 5.56 Å². The van der Waals surface area contributed by atoms with E-state index < -0.39 is 17.6 Å². The summed E-state index contributed by atoms with van der Waals surface area (Å²) in [7, 11) is 0. The van der Waals surface area contributed by atoms with Crippen molar-refractivity contribution in [2.75, 3.05) is 26.2 Å². The van der Waals surface area contributed by atoms with Crippen LogP contribution in [0.15, 0.2) is 34.9 Å². The second kappa shape index (κ2) is 6.81. The fourth-order valence-corrected chi connectivity index (χ4v) is 2.75. The van der Waals surface area contributed by atoms with E-state index >= 15 is 0 Å². The number of alkyl halides is 3. The number of benzene rings is 1. The van der Waals surface area contributed by atoms with Gasteiger partial charge in [0, 0.05) is 37.8 Å². The average molecular weight is 367 g/mol. The standard InChI is InChI=1S/C17H16F3N3O3/c1-11-9-14(21-26-11)16(25)23-7-5-22(6-8-23)15(24)12-3-2-4-13(10-12)17(18,19)20/h2-4,9-10H,5-8H2,1H3. The van der Waals surface area contributed by atoms with Crippen LogP contribution in [0.5, 0.6) is 0 Å². The number of hydrogen-bond acceptors (Lipinski definition) is 4. The maximum Gasteiger partial charge on any atom is 0.416 e. The number of piperazine rings is 1. The summed E-state index contributed by atoms with van der Waals surface area (Å²) in [6.45, 7) is 2.69. The summed E-state index contributed by atoms with van der Waals surface area (Å²) < 4.78 is 43.3. The maximum absolute atomic E-state index is 12.8. The summed E-state index contributed by atoms with van der Waals surface area (Å²) in [6.07, 6.45) is -4.50. The highest BCUT2D eigenvalue weighted by atomic mass is 19.4. The van der Waals surface area contributed by atoms with Crippen molar-refractivity contribution in [3.63, 3.8) is 0 Å². The molecule has 0 unspecified atom stereocenters. The first-order chi connectivity index (χ1) is 12.3. The van der Waals surface area contributed by atoms with E-state index in [2.05, 4.69) is 5.16 Å². The molecular formula is C17H16F3N3O3. The normalized spacial score (nSPS) is 15.2.